The van der Waals surface area contributed by atoms with Crippen molar-refractivity contribution in [2.24, 2.45) is 5.92 Å². The number of hydrogen-bond donors (Lipinski definition) is 1. The van der Waals surface area contributed by atoms with Crippen molar-refractivity contribution in [2.45, 2.75) is 39.2 Å². The zero-order valence-corrected chi connectivity index (χ0v) is 14.5. The molecule has 1 fully saturated rings. The Morgan fingerprint density at radius 3 is 2.90 bits per heavy atom. The van der Waals surface area contributed by atoms with E-state index in [0.29, 0.717) is 6.04 Å². The molecule has 2 unspecified atom stereocenters. The number of likely N-dealkylation sites (tertiary alicyclic amines) is 1. The molecule has 0 aromatic heterocycles. The predicted molar refractivity (Wildman–Crippen MR) is 90.1 cm³/mol. The highest BCUT2D eigenvalue weighted by molar-refractivity contribution is 9.10. The van der Waals surface area contributed by atoms with Gasteiger partial charge in [0.2, 0.25) is 0 Å². The third kappa shape index (κ3) is 3.84. The number of nitrogens with zero attached hydrogens (tertiary/aromatic N) is 1. The maximum Gasteiger partial charge on any atom is 0.0385 e. The van der Waals surface area contributed by atoms with Crippen LogP contribution in [0.1, 0.15) is 43.4 Å². The summed E-state index contributed by atoms with van der Waals surface area (Å²) >= 11 is 3.61. The van der Waals surface area contributed by atoms with Gasteiger partial charge in [-0.15, -0.1) is 0 Å². The number of halogens is 1. The first-order valence-electron chi connectivity index (χ1n) is 7.80. The maximum absolute atomic E-state index is 3.62. The van der Waals surface area contributed by atoms with Crippen molar-refractivity contribution in [1.82, 2.24) is 10.2 Å². The van der Waals surface area contributed by atoms with E-state index < -0.39 is 0 Å². The highest BCUT2D eigenvalue weighted by Crippen LogP contribution is 2.35. The Morgan fingerprint density at radius 2 is 2.20 bits per heavy atom. The van der Waals surface area contributed by atoms with Crippen molar-refractivity contribution >= 4 is 15.9 Å². The molecule has 1 heterocycles. The minimum atomic E-state index is 0.555. The zero-order valence-electron chi connectivity index (χ0n) is 13.0. The molecule has 1 aromatic rings. The van der Waals surface area contributed by atoms with Crippen LogP contribution in [0.15, 0.2) is 22.7 Å². The van der Waals surface area contributed by atoms with Gasteiger partial charge in [0.05, 0.1) is 0 Å². The number of benzene rings is 1. The van der Waals surface area contributed by atoms with Crippen molar-refractivity contribution in [3.8, 4) is 0 Å². The summed E-state index contributed by atoms with van der Waals surface area (Å²) in [5, 5.41) is 3.62. The van der Waals surface area contributed by atoms with Crippen LogP contribution in [-0.4, -0.2) is 31.6 Å². The van der Waals surface area contributed by atoms with Crippen LogP contribution >= 0.6 is 15.9 Å². The summed E-state index contributed by atoms with van der Waals surface area (Å²) in [6.45, 7) is 7.89. The molecule has 0 spiro atoms. The first-order chi connectivity index (χ1) is 9.63. The monoisotopic (exact) mass is 338 g/mol. The summed E-state index contributed by atoms with van der Waals surface area (Å²) in [6, 6.07) is 7.39. The number of hydrogen-bond acceptors (Lipinski definition) is 2. The maximum atomic E-state index is 3.62. The lowest BCUT2D eigenvalue weighted by Crippen LogP contribution is -2.40. The molecule has 0 amide bonds. The van der Waals surface area contributed by atoms with Gasteiger partial charge < -0.3 is 5.32 Å². The van der Waals surface area contributed by atoms with Crippen LogP contribution in [0.4, 0.5) is 0 Å². The van der Waals surface area contributed by atoms with Crippen LogP contribution in [0, 0.1) is 12.8 Å². The number of nitrogens with one attached hydrogen (secondary N) is 1. The molecular formula is C17H27BrN2. The van der Waals surface area contributed by atoms with Crippen LogP contribution < -0.4 is 5.32 Å². The molecule has 1 N–H and O–H groups in total. The molecule has 2 rings (SSSR count). The lowest BCUT2D eigenvalue weighted by Gasteiger charge is -2.40. The molecule has 1 saturated heterocycles. The van der Waals surface area contributed by atoms with Gasteiger partial charge in [0.25, 0.3) is 0 Å². The van der Waals surface area contributed by atoms with Gasteiger partial charge in [-0.05, 0) is 76.0 Å². The highest BCUT2D eigenvalue weighted by Gasteiger charge is 2.30. The molecule has 2 nitrogen and oxygen atoms in total. The molecule has 2 atom stereocenters. The first kappa shape index (κ1) is 16.0. The minimum absolute atomic E-state index is 0.555. The Morgan fingerprint density at radius 1 is 1.40 bits per heavy atom. The fourth-order valence-corrected chi connectivity index (χ4v) is 3.56. The van der Waals surface area contributed by atoms with Crippen molar-refractivity contribution in [3.63, 3.8) is 0 Å². The standard InChI is InChI=1S/C17H27BrN2/c1-4-9-19-12-15-6-5-10-20(3)17(15)14-7-8-16(18)13(2)11-14/h7-8,11,15,17,19H,4-6,9-10,12H2,1-3H3. The van der Waals surface area contributed by atoms with Crippen molar-refractivity contribution in [3.05, 3.63) is 33.8 Å². The molecule has 0 saturated carbocycles. The quantitative estimate of drug-likeness (QED) is 0.811. The fraction of sp³-hybridized carbons (Fsp3) is 0.647. The van der Waals surface area contributed by atoms with Crippen molar-refractivity contribution < 1.29 is 0 Å². The summed E-state index contributed by atoms with van der Waals surface area (Å²) in [6.07, 6.45) is 3.87. The minimum Gasteiger partial charge on any atom is -0.316 e. The second-order valence-corrected chi connectivity index (χ2v) is 6.89. The largest absolute Gasteiger partial charge is 0.316 e. The summed E-state index contributed by atoms with van der Waals surface area (Å²) in [5.74, 6) is 0.723. The molecule has 1 aromatic carbocycles. The Balaban J connectivity index is 2.15. The summed E-state index contributed by atoms with van der Waals surface area (Å²) in [7, 11) is 2.27. The smallest absolute Gasteiger partial charge is 0.0385 e. The third-order valence-corrected chi connectivity index (χ3v) is 5.25. The van der Waals surface area contributed by atoms with Gasteiger partial charge in [0.15, 0.2) is 0 Å². The van der Waals surface area contributed by atoms with Crippen LogP contribution in [0.2, 0.25) is 0 Å². The first-order valence-corrected chi connectivity index (χ1v) is 8.59. The molecule has 3 heteroatoms. The van der Waals surface area contributed by atoms with E-state index in [0.717, 1.165) is 19.0 Å². The Labute approximate surface area is 132 Å². The molecule has 112 valence electrons. The molecule has 20 heavy (non-hydrogen) atoms. The fourth-order valence-electron chi connectivity index (χ4n) is 3.32. The van der Waals surface area contributed by atoms with E-state index in [1.165, 1.54) is 41.4 Å². The van der Waals surface area contributed by atoms with Gasteiger partial charge in [0.1, 0.15) is 0 Å². The normalized spacial score (nSPS) is 24.0. The number of piperidine rings is 1. The summed E-state index contributed by atoms with van der Waals surface area (Å²) in [5.41, 5.74) is 2.80. The van der Waals surface area contributed by atoms with Gasteiger partial charge >= 0.3 is 0 Å². The van der Waals surface area contributed by atoms with Crippen LogP contribution in [-0.2, 0) is 0 Å². The van der Waals surface area contributed by atoms with Crippen LogP contribution in [0.5, 0.6) is 0 Å². The average Bonchev–Trinajstić information content (AvgIpc) is 2.43. The third-order valence-electron chi connectivity index (χ3n) is 4.36. The van der Waals surface area contributed by atoms with Gasteiger partial charge in [-0.3, -0.25) is 4.90 Å². The van der Waals surface area contributed by atoms with Crippen LogP contribution in [0.25, 0.3) is 0 Å². The number of rotatable bonds is 5. The van der Waals surface area contributed by atoms with E-state index in [4.69, 9.17) is 0 Å². The number of aryl methyl sites for hydroxylation is 1. The molecule has 0 bridgehead atoms. The van der Waals surface area contributed by atoms with Crippen molar-refractivity contribution in [2.75, 3.05) is 26.7 Å². The summed E-state index contributed by atoms with van der Waals surface area (Å²) < 4.78 is 1.21. The van der Waals surface area contributed by atoms with E-state index >= 15 is 0 Å². The van der Waals surface area contributed by atoms with E-state index in [1.54, 1.807) is 0 Å². The van der Waals surface area contributed by atoms with E-state index in [-0.39, 0.29) is 0 Å². The van der Waals surface area contributed by atoms with Crippen molar-refractivity contribution in [1.29, 1.82) is 0 Å². The Kier molecular flexibility index (Phi) is 6.06. The average molecular weight is 339 g/mol. The SMILES string of the molecule is CCCNCC1CCCN(C)C1c1ccc(Br)c(C)c1. The lowest BCUT2D eigenvalue weighted by atomic mass is 9.84. The van der Waals surface area contributed by atoms with Gasteiger partial charge in [0, 0.05) is 10.5 Å². The Bertz CT molecular complexity index is 433. The van der Waals surface area contributed by atoms with E-state index in [9.17, 15) is 0 Å². The van der Waals surface area contributed by atoms with Crippen LogP contribution in [0.3, 0.4) is 0 Å². The summed E-state index contributed by atoms with van der Waals surface area (Å²) in [4.78, 5) is 2.53. The molecule has 0 aliphatic carbocycles. The molecule has 0 radical (unpaired) electrons. The van der Waals surface area contributed by atoms with Gasteiger partial charge in [-0.1, -0.05) is 35.0 Å². The van der Waals surface area contributed by atoms with Gasteiger partial charge in [-0.25, -0.2) is 0 Å². The highest BCUT2D eigenvalue weighted by atomic mass is 79.9. The Hall–Kier alpha value is -0.380. The van der Waals surface area contributed by atoms with Gasteiger partial charge in [-0.2, -0.15) is 0 Å². The topological polar surface area (TPSA) is 15.3 Å². The lowest BCUT2D eigenvalue weighted by molar-refractivity contribution is 0.119. The zero-order chi connectivity index (χ0) is 14.5. The predicted octanol–water partition coefficient (Wildman–Crippen LogP) is 4.14. The van der Waals surface area contributed by atoms with E-state index in [1.807, 2.05) is 0 Å². The second-order valence-electron chi connectivity index (χ2n) is 6.04. The molecule has 1 aliphatic rings. The second kappa shape index (κ2) is 7.58. The van der Waals surface area contributed by atoms with E-state index in [2.05, 4.69) is 65.2 Å². The molecule has 1 aliphatic heterocycles. The molecular weight excluding hydrogens is 312 g/mol.